The number of alkyl halides is 3. The molecule has 3 aromatic rings. The number of nitrogens with zero attached hydrogens (tertiary/aromatic N) is 1. The van der Waals surface area contributed by atoms with Gasteiger partial charge in [0, 0.05) is 11.6 Å². The van der Waals surface area contributed by atoms with Gasteiger partial charge in [0.05, 0.1) is 21.2 Å². The van der Waals surface area contributed by atoms with Gasteiger partial charge in [0.15, 0.2) is 5.17 Å². The summed E-state index contributed by atoms with van der Waals surface area (Å²) in [6, 6.07) is 15.0. The summed E-state index contributed by atoms with van der Waals surface area (Å²) >= 11 is 7.15. The molecule has 0 radical (unpaired) electrons. The smallest absolute Gasteiger partial charge is 0.417 e. The Morgan fingerprint density at radius 1 is 1.03 bits per heavy atom. The molecule has 0 atom stereocenters. The fourth-order valence-electron chi connectivity index (χ4n) is 2.78. The number of hydrogen-bond acceptors (Lipinski definition) is 4. The van der Waals surface area contributed by atoms with Crippen LogP contribution in [-0.4, -0.2) is 11.1 Å². The number of thioether (sulfide) groups is 1. The second-order valence-corrected chi connectivity index (χ2v) is 7.62. The summed E-state index contributed by atoms with van der Waals surface area (Å²) < 4.78 is 45.3. The topological polar surface area (TPSA) is 54.6 Å². The van der Waals surface area contributed by atoms with E-state index < -0.39 is 11.7 Å². The van der Waals surface area contributed by atoms with E-state index in [9.17, 15) is 18.0 Å². The first-order chi connectivity index (χ1) is 14.3. The lowest BCUT2D eigenvalue weighted by molar-refractivity contribution is -0.137. The van der Waals surface area contributed by atoms with Gasteiger partial charge in [-0.15, -0.1) is 0 Å². The third kappa shape index (κ3) is 4.29. The van der Waals surface area contributed by atoms with Gasteiger partial charge in [-0.2, -0.15) is 13.2 Å². The molecule has 30 heavy (non-hydrogen) atoms. The van der Waals surface area contributed by atoms with Crippen LogP contribution in [0.1, 0.15) is 11.3 Å². The third-order valence-corrected chi connectivity index (χ3v) is 5.35. The highest BCUT2D eigenvalue weighted by molar-refractivity contribution is 8.18. The molecule has 152 valence electrons. The average molecular weight is 449 g/mol. The first-order valence-electron chi connectivity index (χ1n) is 8.62. The Labute approximate surface area is 178 Å². The van der Waals surface area contributed by atoms with Gasteiger partial charge in [-0.25, -0.2) is 4.99 Å². The minimum Gasteiger partial charge on any atom is -0.457 e. The summed E-state index contributed by atoms with van der Waals surface area (Å²) in [6.45, 7) is 0. The van der Waals surface area contributed by atoms with Crippen LogP contribution in [0.15, 0.2) is 75.0 Å². The largest absolute Gasteiger partial charge is 0.457 e. The molecule has 2 heterocycles. The zero-order valence-corrected chi connectivity index (χ0v) is 16.6. The number of para-hydroxylation sites is 1. The van der Waals surface area contributed by atoms with Crippen LogP contribution in [0.3, 0.4) is 0 Å². The fourth-order valence-corrected chi connectivity index (χ4v) is 3.77. The Bertz CT molecular complexity index is 1180. The lowest BCUT2D eigenvalue weighted by Crippen LogP contribution is -2.19. The second kappa shape index (κ2) is 8.04. The third-order valence-electron chi connectivity index (χ3n) is 4.12. The summed E-state index contributed by atoms with van der Waals surface area (Å²) in [7, 11) is 0. The van der Waals surface area contributed by atoms with Gasteiger partial charge in [0.25, 0.3) is 5.91 Å². The Morgan fingerprint density at radius 3 is 2.53 bits per heavy atom. The quantitative estimate of drug-likeness (QED) is 0.465. The highest BCUT2D eigenvalue weighted by Gasteiger charge is 2.34. The summed E-state index contributed by atoms with van der Waals surface area (Å²) in [4.78, 5) is 16.8. The Balaban J connectivity index is 1.60. The molecule has 2 aromatic carbocycles. The van der Waals surface area contributed by atoms with Crippen molar-refractivity contribution in [2.24, 2.45) is 4.99 Å². The summed E-state index contributed by atoms with van der Waals surface area (Å²) in [5.74, 6) is -0.0822. The van der Waals surface area contributed by atoms with Crippen molar-refractivity contribution in [3.63, 3.8) is 0 Å². The SMILES string of the molecule is O=C1NC(=Nc2ccccc2Cl)S/C1=C\c1ccc(-c2ccccc2C(F)(F)F)o1. The lowest BCUT2D eigenvalue weighted by atomic mass is 10.1. The van der Waals surface area contributed by atoms with Crippen LogP contribution in [0.2, 0.25) is 5.02 Å². The van der Waals surface area contributed by atoms with Gasteiger partial charge in [0.1, 0.15) is 11.5 Å². The first kappa shape index (κ1) is 20.3. The van der Waals surface area contributed by atoms with Crippen LogP contribution in [0.25, 0.3) is 17.4 Å². The Kier molecular flexibility index (Phi) is 5.44. The molecule has 1 fully saturated rings. The van der Waals surface area contributed by atoms with Gasteiger partial charge >= 0.3 is 6.18 Å². The first-order valence-corrected chi connectivity index (χ1v) is 9.81. The van der Waals surface area contributed by atoms with E-state index in [0.29, 0.717) is 20.8 Å². The highest BCUT2D eigenvalue weighted by atomic mass is 35.5. The predicted molar refractivity (Wildman–Crippen MR) is 111 cm³/mol. The number of amidine groups is 1. The van der Waals surface area contributed by atoms with Crippen LogP contribution in [0.5, 0.6) is 0 Å². The number of carbonyl (C=O) groups excluding carboxylic acids is 1. The Morgan fingerprint density at radius 2 is 1.77 bits per heavy atom. The van der Waals surface area contributed by atoms with Gasteiger partial charge in [0.2, 0.25) is 0 Å². The van der Waals surface area contributed by atoms with Crippen molar-refractivity contribution in [1.29, 1.82) is 0 Å². The molecule has 1 aliphatic heterocycles. The van der Waals surface area contributed by atoms with E-state index in [1.807, 2.05) is 0 Å². The zero-order valence-electron chi connectivity index (χ0n) is 15.0. The predicted octanol–water partition coefficient (Wildman–Crippen LogP) is 6.51. The molecular weight excluding hydrogens is 437 g/mol. The van der Waals surface area contributed by atoms with Crippen LogP contribution >= 0.6 is 23.4 Å². The van der Waals surface area contributed by atoms with Crippen molar-refractivity contribution in [2.75, 3.05) is 0 Å². The number of aliphatic imine (C=N–C) groups is 1. The van der Waals surface area contributed by atoms with Crippen molar-refractivity contribution >= 4 is 46.2 Å². The van der Waals surface area contributed by atoms with Crippen LogP contribution < -0.4 is 5.32 Å². The van der Waals surface area contributed by atoms with Gasteiger partial charge in [-0.3, -0.25) is 4.79 Å². The molecule has 0 aliphatic carbocycles. The van der Waals surface area contributed by atoms with E-state index in [-0.39, 0.29) is 23.0 Å². The van der Waals surface area contributed by atoms with Crippen LogP contribution in [0, 0.1) is 0 Å². The van der Waals surface area contributed by atoms with E-state index in [1.54, 1.807) is 24.3 Å². The minimum atomic E-state index is -4.51. The number of carbonyl (C=O) groups is 1. The maximum atomic E-state index is 13.2. The van der Waals surface area contributed by atoms with E-state index in [0.717, 1.165) is 17.8 Å². The maximum absolute atomic E-state index is 13.2. The number of hydrogen-bond donors (Lipinski definition) is 1. The van der Waals surface area contributed by atoms with Crippen molar-refractivity contribution in [3.8, 4) is 11.3 Å². The highest BCUT2D eigenvalue weighted by Crippen LogP contribution is 2.38. The monoisotopic (exact) mass is 448 g/mol. The van der Waals surface area contributed by atoms with Crippen molar-refractivity contribution in [1.82, 2.24) is 5.32 Å². The molecule has 0 spiro atoms. The molecule has 1 aliphatic rings. The molecule has 4 nitrogen and oxygen atoms in total. The van der Waals surface area contributed by atoms with E-state index in [1.165, 1.54) is 36.4 Å². The Hall–Kier alpha value is -2.97. The summed E-state index contributed by atoms with van der Waals surface area (Å²) in [5.41, 5.74) is -0.355. The second-order valence-electron chi connectivity index (χ2n) is 6.18. The molecule has 1 saturated heterocycles. The average Bonchev–Trinajstić information content (AvgIpc) is 3.30. The van der Waals surface area contributed by atoms with Crippen molar-refractivity contribution < 1.29 is 22.4 Å². The van der Waals surface area contributed by atoms with Crippen molar-refractivity contribution in [3.05, 3.63) is 81.9 Å². The molecule has 0 unspecified atom stereocenters. The van der Waals surface area contributed by atoms with E-state index in [2.05, 4.69) is 10.3 Å². The van der Waals surface area contributed by atoms with Gasteiger partial charge in [-0.1, -0.05) is 41.9 Å². The number of furan rings is 1. The van der Waals surface area contributed by atoms with Crippen LogP contribution in [-0.2, 0) is 11.0 Å². The number of rotatable bonds is 3. The standard InChI is InChI=1S/C21H12ClF3N2O2S/c22-15-7-3-4-8-16(15)26-20-27-19(28)18(30-20)11-12-9-10-17(29-12)13-5-1-2-6-14(13)21(23,24)25/h1-11H,(H,26,27,28)/b18-11-. The molecule has 0 bridgehead atoms. The zero-order chi connectivity index (χ0) is 21.3. The van der Waals surface area contributed by atoms with Crippen LogP contribution in [0.4, 0.5) is 18.9 Å². The summed E-state index contributed by atoms with van der Waals surface area (Å²) in [6.07, 6.45) is -3.05. The molecule has 4 rings (SSSR count). The molecule has 1 N–H and O–H groups in total. The van der Waals surface area contributed by atoms with Gasteiger partial charge in [-0.05, 0) is 42.1 Å². The van der Waals surface area contributed by atoms with E-state index in [4.69, 9.17) is 16.0 Å². The molecule has 1 amide bonds. The molecule has 1 aromatic heterocycles. The number of nitrogens with one attached hydrogen (secondary N) is 1. The van der Waals surface area contributed by atoms with Crippen molar-refractivity contribution in [2.45, 2.75) is 6.18 Å². The minimum absolute atomic E-state index is 0.0585. The molecule has 0 saturated carbocycles. The number of halogens is 4. The van der Waals surface area contributed by atoms with Gasteiger partial charge < -0.3 is 9.73 Å². The molecule has 9 heteroatoms. The van der Waals surface area contributed by atoms with E-state index >= 15 is 0 Å². The fraction of sp³-hybridized carbons (Fsp3) is 0.0476. The number of benzene rings is 2. The summed E-state index contributed by atoms with van der Waals surface area (Å²) in [5, 5.41) is 3.41. The number of amides is 1. The lowest BCUT2D eigenvalue weighted by Gasteiger charge is -2.10. The molecular formula is C21H12ClF3N2O2S. The maximum Gasteiger partial charge on any atom is 0.417 e. The normalized spacial score (nSPS) is 17.0.